The van der Waals surface area contributed by atoms with Gasteiger partial charge in [-0.3, -0.25) is 0 Å². The number of rotatable bonds is 18. The van der Waals surface area contributed by atoms with Crippen molar-refractivity contribution in [3.8, 4) is 34.0 Å². The molecule has 0 amide bonds. The van der Waals surface area contributed by atoms with Gasteiger partial charge in [0.05, 0.1) is 5.56 Å². The summed E-state index contributed by atoms with van der Waals surface area (Å²) < 4.78 is 55.0. The molecule has 4 atom stereocenters. The molecule has 0 aliphatic rings. The molecule has 0 saturated heterocycles. The van der Waals surface area contributed by atoms with E-state index in [2.05, 4.69) is 23.8 Å². The van der Waals surface area contributed by atoms with Crippen molar-refractivity contribution >= 4 is 5.97 Å². The summed E-state index contributed by atoms with van der Waals surface area (Å²) in [7, 11) is 0. The van der Waals surface area contributed by atoms with E-state index in [1.54, 1.807) is 54.9 Å². The van der Waals surface area contributed by atoms with Crippen molar-refractivity contribution in [1.29, 1.82) is 0 Å². The summed E-state index contributed by atoms with van der Waals surface area (Å²) in [5.41, 5.74) is 0.0379. The lowest BCUT2D eigenvalue weighted by molar-refractivity contribution is -0.147. The minimum absolute atomic E-state index is 0.130. The van der Waals surface area contributed by atoms with Crippen LogP contribution < -0.4 is 9.47 Å². The van der Waals surface area contributed by atoms with Crippen molar-refractivity contribution in [3.05, 3.63) is 60.9 Å². The van der Waals surface area contributed by atoms with Crippen LogP contribution in [-0.4, -0.2) is 40.1 Å². The van der Waals surface area contributed by atoms with E-state index in [4.69, 9.17) is 9.47 Å². The Kier molecular flexibility index (Phi) is 13.5. The highest BCUT2D eigenvalue weighted by Crippen LogP contribution is 2.32. The average molecular weight is 599 g/mol. The van der Waals surface area contributed by atoms with Gasteiger partial charge in [0.15, 0.2) is 12.0 Å². The highest BCUT2D eigenvalue weighted by atomic mass is 19.2. The van der Waals surface area contributed by atoms with E-state index in [1.165, 1.54) is 13.8 Å². The molecule has 0 fully saturated rings. The molecule has 43 heavy (non-hydrogen) atoms. The molecule has 2 aromatic carbocycles. The van der Waals surface area contributed by atoms with E-state index in [1.807, 2.05) is 6.07 Å². The highest BCUT2D eigenvalue weighted by Gasteiger charge is 2.34. The van der Waals surface area contributed by atoms with Crippen LogP contribution in [0.4, 0.5) is 13.2 Å². The van der Waals surface area contributed by atoms with Crippen molar-refractivity contribution in [2.45, 2.75) is 116 Å². The molecule has 0 N–H and O–H groups in total. The number of aromatic nitrogens is 2. The molecule has 3 aromatic rings. The topological polar surface area (TPSA) is 61.3 Å². The monoisotopic (exact) mass is 598 g/mol. The van der Waals surface area contributed by atoms with Gasteiger partial charge in [0.25, 0.3) is 0 Å². The molecule has 4 unspecified atom stereocenters. The van der Waals surface area contributed by atoms with Crippen LogP contribution in [0.5, 0.6) is 11.5 Å². The van der Waals surface area contributed by atoms with Gasteiger partial charge in [-0.2, -0.15) is 0 Å². The molecule has 1 heterocycles. The largest absolute Gasteiger partial charge is 0.487 e. The molecule has 3 rings (SSSR count). The molecular formula is C35H45F3N2O3. The van der Waals surface area contributed by atoms with Crippen molar-refractivity contribution in [3.63, 3.8) is 0 Å². The zero-order valence-electron chi connectivity index (χ0n) is 25.8. The fourth-order valence-corrected chi connectivity index (χ4v) is 4.80. The summed E-state index contributed by atoms with van der Waals surface area (Å²) in [6.45, 7) is 6.66. The molecule has 0 aliphatic heterocycles. The number of hydrogen-bond acceptors (Lipinski definition) is 5. The normalized spacial score (nSPS) is 14.9. The first kappa shape index (κ1) is 34.1. The van der Waals surface area contributed by atoms with Gasteiger partial charge >= 0.3 is 5.97 Å². The van der Waals surface area contributed by atoms with Crippen LogP contribution >= 0.6 is 0 Å². The Morgan fingerprint density at radius 3 is 2.12 bits per heavy atom. The Morgan fingerprint density at radius 1 is 0.860 bits per heavy atom. The van der Waals surface area contributed by atoms with Gasteiger partial charge < -0.3 is 9.47 Å². The Bertz CT molecular complexity index is 1250. The van der Waals surface area contributed by atoms with Crippen LogP contribution in [-0.2, 0) is 4.79 Å². The van der Waals surface area contributed by atoms with E-state index in [0.29, 0.717) is 30.0 Å². The van der Waals surface area contributed by atoms with Gasteiger partial charge in [-0.25, -0.2) is 27.9 Å². The molecule has 5 nitrogen and oxygen atoms in total. The third-order valence-corrected chi connectivity index (χ3v) is 7.52. The first-order valence-electron chi connectivity index (χ1n) is 15.5. The lowest BCUT2D eigenvalue weighted by atomic mass is 10.00. The minimum Gasteiger partial charge on any atom is -0.487 e. The van der Waals surface area contributed by atoms with E-state index in [0.717, 1.165) is 56.1 Å². The SMILES string of the molecule is CCCCCCC(Oc1ccccc1-c1ncc(-c2ccc(OC(=O)C(C)(F)CCCCCC)cc2)cn1)C(F)C(C)F. The smallest absolute Gasteiger partial charge is 0.348 e. The molecule has 0 spiro atoms. The van der Waals surface area contributed by atoms with Crippen molar-refractivity contribution < 1.29 is 27.4 Å². The number of alkyl halides is 3. The zero-order valence-corrected chi connectivity index (χ0v) is 25.8. The van der Waals surface area contributed by atoms with Gasteiger partial charge in [-0.05, 0) is 69.4 Å². The maximum Gasteiger partial charge on any atom is 0.348 e. The molecule has 0 radical (unpaired) electrons. The number of hydrogen-bond donors (Lipinski definition) is 0. The molecule has 234 valence electrons. The molecular weight excluding hydrogens is 553 g/mol. The summed E-state index contributed by atoms with van der Waals surface area (Å²) in [5.74, 6) is 0.149. The Balaban J connectivity index is 1.69. The molecule has 0 bridgehead atoms. The summed E-state index contributed by atoms with van der Waals surface area (Å²) >= 11 is 0. The molecule has 8 heteroatoms. The fraction of sp³-hybridized carbons (Fsp3) is 0.514. The lowest BCUT2D eigenvalue weighted by Gasteiger charge is -2.24. The highest BCUT2D eigenvalue weighted by molar-refractivity contribution is 5.81. The third kappa shape index (κ3) is 10.4. The third-order valence-electron chi connectivity index (χ3n) is 7.52. The van der Waals surface area contributed by atoms with Crippen LogP contribution in [0.2, 0.25) is 0 Å². The van der Waals surface area contributed by atoms with E-state index in [-0.39, 0.29) is 12.2 Å². The van der Waals surface area contributed by atoms with Crippen molar-refractivity contribution in [2.75, 3.05) is 0 Å². The number of nitrogens with zero attached hydrogens (tertiary/aromatic N) is 2. The Morgan fingerprint density at radius 2 is 1.49 bits per heavy atom. The van der Waals surface area contributed by atoms with Crippen LogP contribution in [0.25, 0.3) is 22.5 Å². The van der Waals surface area contributed by atoms with Gasteiger partial charge in [0.1, 0.15) is 23.8 Å². The van der Waals surface area contributed by atoms with Crippen LogP contribution in [0.1, 0.15) is 91.9 Å². The van der Waals surface area contributed by atoms with E-state index < -0.39 is 30.1 Å². The fourth-order valence-electron chi connectivity index (χ4n) is 4.80. The van der Waals surface area contributed by atoms with Crippen LogP contribution in [0.15, 0.2) is 60.9 Å². The predicted molar refractivity (Wildman–Crippen MR) is 165 cm³/mol. The standard InChI is InChI=1S/C35H45F3N2O3/c1-5-7-9-11-17-31(32(37)25(3)36)43-30-16-13-12-15-29(30)33-39-23-27(24-40-33)26-18-20-28(21-19-26)42-34(41)35(4,38)22-14-10-8-6-2/h12-13,15-16,18-21,23-25,31-32H,5-11,14,17,22H2,1-4H3. The van der Waals surface area contributed by atoms with E-state index in [9.17, 15) is 18.0 Å². The number of benzene rings is 2. The van der Waals surface area contributed by atoms with Crippen molar-refractivity contribution in [1.82, 2.24) is 9.97 Å². The number of carbonyl (C=O) groups is 1. The average Bonchev–Trinajstić information content (AvgIpc) is 3.01. The molecule has 0 aliphatic carbocycles. The second-order valence-corrected chi connectivity index (χ2v) is 11.3. The maximum absolute atomic E-state index is 14.8. The van der Waals surface area contributed by atoms with E-state index >= 15 is 0 Å². The van der Waals surface area contributed by atoms with Crippen molar-refractivity contribution in [2.24, 2.45) is 0 Å². The second-order valence-electron chi connectivity index (χ2n) is 11.3. The summed E-state index contributed by atoms with van der Waals surface area (Å²) in [5, 5.41) is 0. The van der Waals surface area contributed by atoms with Gasteiger partial charge in [-0.1, -0.05) is 76.6 Å². The second kappa shape index (κ2) is 17.0. The Labute approximate surface area is 254 Å². The number of unbranched alkanes of at least 4 members (excludes halogenated alkanes) is 6. The summed E-state index contributed by atoms with van der Waals surface area (Å²) in [4.78, 5) is 21.4. The van der Waals surface area contributed by atoms with Gasteiger partial charge in [0.2, 0.25) is 5.67 Å². The quantitative estimate of drug-likeness (QED) is 0.0829. The lowest BCUT2D eigenvalue weighted by Crippen LogP contribution is -2.34. The summed E-state index contributed by atoms with van der Waals surface area (Å²) in [6, 6.07) is 13.8. The van der Waals surface area contributed by atoms with Crippen LogP contribution in [0, 0.1) is 0 Å². The Hall–Kier alpha value is -3.42. The number of carbonyl (C=O) groups excluding carboxylic acids is 1. The zero-order chi connectivity index (χ0) is 31.2. The predicted octanol–water partition coefficient (Wildman–Crippen LogP) is 9.83. The number of para-hydroxylation sites is 1. The summed E-state index contributed by atoms with van der Waals surface area (Å²) in [6.07, 6.45) is 6.88. The van der Waals surface area contributed by atoms with Crippen LogP contribution in [0.3, 0.4) is 0 Å². The molecule has 0 saturated carbocycles. The first-order valence-corrected chi connectivity index (χ1v) is 15.5. The minimum atomic E-state index is -2.04. The maximum atomic E-state index is 14.8. The van der Waals surface area contributed by atoms with Gasteiger partial charge in [0, 0.05) is 18.0 Å². The number of ether oxygens (including phenoxy) is 2. The number of esters is 1. The van der Waals surface area contributed by atoms with Gasteiger partial charge in [-0.15, -0.1) is 0 Å². The molecule has 1 aromatic heterocycles. The number of halogens is 3. The first-order chi connectivity index (χ1) is 20.7.